The van der Waals surface area contributed by atoms with Crippen molar-refractivity contribution in [3.05, 3.63) is 52.5 Å². The molecule has 0 bridgehead atoms. The zero-order chi connectivity index (χ0) is 20.0. The molecule has 3 nitrogen and oxygen atoms in total. The fraction of sp³-hybridized carbons (Fsp3) is 0.409. The summed E-state index contributed by atoms with van der Waals surface area (Å²) in [6.07, 6.45) is 2.00. The zero-order valence-corrected chi connectivity index (χ0v) is 19.4. The molecule has 2 aromatic carbocycles. The van der Waals surface area contributed by atoms with Gasteiger partial charge in [-0.2, -0.15) is 0 Å². The van der Waals surface area contributed by atoms with Crippen LogP contribution in [-0.4, -0.2) is 17.7 Å². The van der Waals surface area contributed by atoms with Crippen LogP contribution in [0.5, 0.6) is 11.5 Å². The second-order valence-corrected chi connectivity index (χ2v) is 8.37. The van der Waals surface area contributed by atoms with Gasteiger partial charge in [0.25, 0.3) is 0 Å². The van der Waals surface area contributed by atoms with Gasteiger partial charge in [-0.15, -0.1) is 0 Å². The fourth-order valence-corrected chi connectivity index (χ4v) is 4.01. The van der Waals surface area contributed by atoms with Crippen molar-refractivity contribution in [1.29, 1.82) is 0 Å². The minimum atomic E-state index is -0.0631. The molecule has 0 saturated heterocycles. The Labute approximate surface area is 187 Å². The first kappa shape index (κ1) is 25.1. The average molecular weight is 414 g/mol. The van der Waals surface area contributed by atoms with E-state index in [1.165, 1.54) is 0 Å². The summed E-state index contributed by atoms with van der Waals surface area (Å²) >= 11 is 6.27. The van der Waals surface area contributed by atoms with Crippen molar-refractivity contribution in [1.82, 2.24) is 0 Å². The molecule has 0 aliphatic heterocycles. The molecule has 0 heterocycles. The number of hydrogen-bond acceptors (Lipinski definition) is 3. The van der Waals surface area contributed by atoms with Crippen molar-refractivity contribution in [3.63, 3.8) is 0 Å². The Bertz CT molecular complexity index is 777. The minimum absolute atomic E-state index is 0. The van der Waals surface area contributed by atoms with E-state index in [2.05, 4.69) is 13.8 Å². The summed E-state index contributed by atoms with van der Waals surface area (Å²) in [6, 6.07) is 11.3. The molecule has 0 amide bonds. The van der Waals surface area contributed by atoms with E-state index in [1.54, 1.807) is 6.07 Å². The van der Waals surface area contributed by atoms with Gasteiger partial charge in [0.1, 0.15) is 11.5 Å². The predicted octanol–water partition coefficient (Wildman–Crippen LogP) is 3.15. The molecule has 3 atom stereocenters. The first-order valence-electron chi connectivity index (χ1n) is 9.39. The van der Waals surface area contributed by atoms with E-state index in [9.17, 15) is 4.79 Å². The molecular weight excluding hydrogens is 386 g/mol. The van der Waals surface area contributed by atoms with E-state index in [4.69, 9.17) is 21.1 Å². The summed E-state index contributed by atoms with van der Waals surface area (Å²) in [4.78, 5) is 12.9. The van der Waals surface area contributed by atoms with Gasteiger partial charge in [0.05, 0.1) is 17.2 Å². The van der Waals surface area contributed by atoms with Gasteiger partial charge in [-0.1, -0.05) is 37.6 Å². The van der Waals surface area contributed by atoms with Crippen molar-refractivity contribution in [3.8, 4) is 11.5 Å². The standard InChI is InChI=1S/C22H28ClO3P.Li/c1-6-15(4)25-17-11-12-20(19(13-17)26-16(5)7-2)27-22(24)21-14(3)9-8-10-18(21)23;/h8-13,15-16,27H,6-7H2,1-5H3;/q;+1. The van der Waals surface area contributed by atoms with Crippen LogP contribution in [0, 0.1) is 6.92 Å². The normalized spacial score (nSPS) is 13.1. The van der Waals surface area contributed by atoms with Crippen molar-refractivity contribution in [2.75, 3.05) is 0 Å². The van der Waals surface area contributed by atoms with Gasteiger partial charge < -0.3 is 9.47 Å². The van der Waals surface area contributed by atoms with Gasteiger partial charge in [-0.3, -0.25) is 4.79 Å². The second-order valence-electron chi connectivity index (χ2n) is 6.72. The molecule has 146 valence electrons. The average Bonchev–Trinajstić information content (AvgIpc) is 2.63. The smallest absolute Gasteiger partial charge is 0.491 e. The third-order valence-corrected chi connectivity index (χ3v) is 5.94. The molecule has 3 unspecified atom stereocenters. The molecule has 2 rings (SSSR count). The van der Waals surface area contributed by atoms with Crippen LogP contribution in [0.15, 0.2) is 36.4 Å². The maximum atomic E-state index is 12.9. The van der Waals surface area contributed by atoms with Crippen molar-refractivity contribution in [2.24, 2.45) is 0 Å². The molecule has 0 aromatic heterocycles. The van der Waals surface area contributed by atoms with Crippen LogP contribution in [0.3, 0.4) is 0 Å². The third-order valence-electron chi connectivity index (χ3n) is 4.47. The Kier molecular flexibility index (Phi) is 10.6. The summed E-state index contributed by atoms with van der Waals surface area (Å²) in [5.41, 5.74) is 1.50. The number of aryl methyl sites for hydroxylation is 1. The number of hydrogen-bond donors (Lipinski definition) is 0. The predicted molar refractivity (Wildman–Crippen MR) is 116 cm³/mol. The van der Waals surface area contributed by atoms with E-state index in [-0.39, 0.29) is 45.2 Å². The molecule has 0 radical (unpaired) electrons. The van der Waals surface area contributed by atoms with E-state index in [1.807, 2.05) is 51.1 Å². The summed E-state index contributed by atoms with van der Waals surface area (Å²) < 4.78 is 12.0. The van der Waals surface area contributed by atoms with Crippen molar-refractivity contribution >= 4 is 31.0 Å². The molecular formula is C22H28ClLiO3P+. The Morgan fingerprint density at radius 2 is 1.71 bits per heavy atom. The SMILES string of the molecule is CCC(C)Oc1ccc(PC(=O)c2c(C)cccc2Cl)c(OC(C)CC)c1.[Li+]. The van der Waals surface area contributed by atoms with Crippen LogP contribution < -0.4 is 33.6 Å². The van der Waals surface area contributed by atoms with E-state index in [0.717, 1.165) is 29.5 Å². The first-order chi connectivity index (χ1) is 12.8. The van der Waals surface area contributed by atoms with Gasteiger partial charge in [0.2, 0.25) is 0 Å². The molecule has 0 fully saturated rings. The maximum absolute atomic E-state index is 12.9. The molecule has 0 aliphatic rings. The Morgan fingerprint density at radius 3 is 2.32 bits per heavy atom. The van der Waals surface area contributed by atoms with Crippen LogP contribution in [-0.2, 0) is 0 Å². The topological polar surface area (TPSA) is 35.5 Å². The molecule has 0 aliphatic carbocycles. The summed E-state index contributed by atoms with van der Waals surface area (Å²) in [5.74, 6) is 1.47. The molecule has 0 saturated carbocycles. The maximum Gasteiger partial charge on any atom is 1.00 e. The van der Waals surface area contributed by atoms with E-state index < -0.39 is 0 Å². The van der Waals surface area contributed by atoms with Gasteiger partial charge in [-0.25, -0.2) is 0 Å². The number of carbonyl (C=O) groups is 1. The summed E-state index contributed by atoms with van der Waals surface area (Å²) in [7, 11) is -0.0631. The number of halogens is 1. The molecule has 28 heavy (non-hydrogen) atoms. The van der Waals surface area contributed by atoms with Crippen LogP contribution in [0.1, 0.15) is 56.5 Å². The number of ether oxygens (including phenoxy) is 2. The Morgan fingerprint density at radius 1 is 1.07 bits per heavy atom. The first-order valence-corrected chi connectivity index (χ1v) is 10.8. The van der Waals surface area contributed by atoms with Crippen LogP contribution in [0.25, 0.3) is 0 Å². The second kappa shape index (κ2) is 11.9. The largest absolute Gasteiger partial charge is 1.00 e. The number of benzene rings is 2. The van der Waals surface area contributed by atoms with E-state index in [0.29, 0.717) is 16.3 Å². The van der Waals surface area contributed by atoms with Gasteiger partial charge in [-0.05, 0) is 66.0 Å². The molecule has 6 heteroatoms. The fourth-order valence-electron chi connectivity index (χ4n) is 2.50. The van der Waals surface area contributed by atoms with Gasteiger partial charge >= 0.3 is 18.9 Å². The monoisotopic (exact) mass is 413 g/mol. The van der Waals surface area contributed by atoms with Crippen molar-refractivity contribution < 1.29 is 33.1 Å². The van der Waals surface area contributed by atoms with Crippen LogP contribution in [0.4, 0.5) is 0 Å². The van der Waals surface area contributed by atoms with Gasteiger partial charge in [0.15, 0.2) is 5.52 Å². The van der Waals surface area contributed by atoms with Crippen LogP contribution >= 0.6 is 20.2 Å². The van der Waals surface area contributed by atoms with Crippen LogP contribution in [0.2, 0.25) is 5.02 Å². The molecule has 2 aromatic rings. The Hall–Kier alpha value is -0.973. The summed E-state index contributed by atoms with van der Waals surface area (Å²) in [5, 5.41) is 1.37. The van der Waals surface area contributed by atoms with Gasteiger partial charge in [0, 0.05) is 16.9 Å². The zero-order valence-electron chi connectivity index (χ0n) is 17.6. The number of carbonyl (C=O) groups excluding carboxylic acids is 1. The summed E-state index contributed by atoms with van der Waals surface area (Å²) in [6.45, 7) is 10.1. The third kappa shape index (κ3) is 6.82. The van der Waals surface area contributed by atoms with E-state index >= 15 is 0 Å². The molecule has 0 spiro atoms. The number of rotatable bonds is 9. The quantitative estimate of drug-likeness (QED) is 0.468. The van der Waals surface area contributed by atoms with Crippen molar-refractivity contribution in [2.45, 2.75) is 59.7 Å². The Balaban J connectivity index is 0.00000392. The minimum Gasteiger partial charge on any atom is -0.491 e. The molecule has 0 N–H and O–H groups in total.